The number of imide groups is 1. The van der Waals surface area contributed by atoms with E-state index in [9.17, 15) is 22.8 Å². The van der Waals surface area contributed by atoms with Crippen LogP contribution >= 0.6 is 0 Å². The number of alkyl halides is 3. The Bertz CT molecular complexity index is 511. The predicted octanol–water partition coefficient (Wildman–Crippen LogP) is 2.49. The molecule has 0 N–H and O–H groups in total. The van der Waals surface area contributed by atoms with Gasteiger partial charge in [-0.25, -0.2) is 4.79 Å². The SMILES string of the molecule is CN1C(=O)CCN(c2ccc(C(F)(F)F)cc2)C1=O. The quantitative estimate of drug-likeness (QED) is 0.788. The van der Waals surface area contributed by atoms with Gasteiger partial charge in [0.2, 0.25) is 5.91 Å². The third-order valence-electron chi connectivity index (χ3n) is 2.95. The van der Waals surface area contributed by atoms with Gasteiger partial charge < -0.3 is 0 Å². The second-order valence-corrected chi connectivity index (χ2v) is 4.18. The van der Waals surface area contributed by atoms with Crippen molar-refractivity contribution >= 4 is 17.6 Å². The lowest BCUT2D eigenvalue weighted by molar-refractivity contribution is -0.137. The molecule has 7 heteroatoms. The molecule has 19 heavy (non-hydrogen) atoms. The number of hydrogen-bond donors (Lipinski definition) is 0. The lowest BCUT2D eigenvalue weighted by Crippen LogP contribution is -2.50. The fraction of sp³-hybridized carbons (Fsp3) is 0.333. The monoisotopic (exact) mass is 272 g/mol. The molecule has 1 saturated heterocycles. The second-order valence-electron chi connectivity index (χ2n) is 4.18. The van der Waals surface area contributed by atoms with Crippen molar-refractivity contribution in [3.05, 3.63) is 29.8 Å². The lowest BCUT2D eigenvalue weighted by atomic mass is 10.1. The van der Waals surface area contributed by atoms with Gasteiger partial charge in [-0.15, -0.1) is 0 Å². The normalized spacial score (nSPS) is 17.1. The van der Waals surface area contributed by atoms with Crippen molar-refractivity contribution in [3.8, 4) is 0 Å². The van der Waals surface area contributed by atoms with E-state index < -0.39 is 17.8 Å². The van der Waals surface area contributed by atoms with Crippen molar-refractivity contribution in [2.24, 2.45) is 0 Å². The Balaban J connectivity index is 2.23. The molecule has 0 atom stereocenters. The Morgan fingerprint density at radius 1 is 1.11 bits per heavy atom. The molecule has 102 valence electrons. The minimum atomic E-state index is -4.41. The first-order valence-corrected chi connectivity index (χ1v) is 5.56. The highest BCUT2D eigenvalue weighted by atomic mass is 19.4. The lowest BCUT2D eigenvalue weighted by Gasteiger charge is -2.32. The van der Waals surface area contributed by atoms with Gasteiger partial charge in [0.25, 0.3) is 0 Å². The van der Waals surface area contributed by atoms with Crippen LogP contribution in [0.5, 0.6) is 0 Å². The topological polar surface area (TPSA) is 40.6 Å². The van der Waals surface area contributed by atoms with Crippen LogP contribution in [0.2, 0.25) is 0 Å². The summed E-state index contributed by atoms with van der Waals surface area (Å²) < 4.78 is 37.3. The van der Waals surface area contributed by atoms with Crippen LogP contribution in [0, 0.1) is 0 Å². The minimum absolute atomic E-state index is 0.156. The van der Waals surface area contributed by atoms with Crippen LogP contribution in [0.3, 0.4) is 0 Å². The Labute approximate surface area is 107 Å². The van der Waals surface area contributed by atoms with Crippen LogP contribution in [-0.4, -0.2) is 30.4 Å². The molecule has 0 radical (unpaired) electrons. The third kappa shape index (κ3) is 2.54. The van der Waals surface area contributed by atoms with Gasteiger partial charge in [0.15, 0.2) is 0 Å². The van der Waals surface area contributed by atoms with E-state index in [-0.39, 0.29) is 18.9 Å². The van der Waals surface area contributed by atoms with Gasteiger partial charge in [0.05, 0.1) is 5.56 Å². The Morgan fingerprint density at radius 2 is 1.68 bits per heavy atom. The predicted molar refractivity (Wildman–Crippen MR) is 61.6 cm³/mol. The first-order valence-electron chi connectivity index (χ1n) is 5.56. The average Bonchev–Trinajstić information content (AvgIpc) is 2.35. The summed E-state index contributed by atoms with van der Waals surface area (Å²) in [6.45, 7) is 0.174. The summed E-state index contributed by atoms with van der Waals surface area (Å²) in [7, 11) is 1.35. The molecule has 1 aliphatic rings. The molecule has 3 amide bonds. The number of carbonyl (C=O) groups excluding carboxylic acids is 2. The zero-order chi connectivity index (χ0) is 14.2. The first-order chi connectivity index (χ1) is 8.80. The smallest absolute Gasteiger partial charge is 0.293 e. The fourth-order valence-electron chi connectivity index (χ4n) is 1.83. The van der Waals surface area contributed by atoms with Gasteiger partial charge in [-0.05, 0) is 24.3 Å². The molecule has 1 aromatic carbocycles. The van der Waals surface area contributed by atoms with Gasteiger partial charge in [0.1, 0.15) is 0 Å². The molecule has 0 bridgehead atoms. The molecule has 0 spiro atoms. The highest BCUT2D eigenvalue weighted by Gasteiger charge is 2.32. The maximum atomic E-state index is 12.4. The highest BCUT2D eigenvalue weighted by molar-refractivity contribution is 6.05. The summed E-state index contributed by atoms with van der Waals surface area (Å²) in [5.74, 6) is -0.298. The number of hydrogen-bond acceptors (Lipinski definition) is 2. The summed E-state index contributed by atoms with van der Waals surface area (Å²) >= 11 is 0. The van der Waals surface area contributed by atoms with E-state index in [4.69, 9.17) is 0 Å². The van der Waals surface area contributed by atoms with Gasteiger partial charge in [-0.1, -0.05) is 0 Å². The maximum Gasteiger partial charge on any atom is 0.416 e. The van der Waals surface area contributed by atoms with Crippen LogP contribution in [0.4, 0.5) is 23.7 Å². The van der Waals surface area contributed by atoms with Gasteiger partial charge in [0, 0.05) is 25.7 Å². The van der Waals surface area contributed by atoms with Gasteiger partial charge >= 0.3 is 12.2 Å². The molecular formula is C12H11F3N2O2. The molecule has 1 aromatic rings. The van der Waals surface area contributed by atoms with E-state index in [0.29, 0.717) is 5.69 Å². The minimum Gasteiger partial charge on any atom is -0.293 e. The van der Waals surface area contributed by atoms with E-state index in [1.54, 1.807) is 0 Å². The summed E-state index contributed by atoms with van der Waals surface area (Å²) in [5, 5.41) is 0. The fourth-order valence-corrected chi connectivity index (χ4v) is 1.83. The van der Waals surface area contributed by atoms with Crippen LogP contribution < -0.4 is 4.90 Å². The van der Waals surface area contributed by atoms with Gasteiger partial charge in [-0.2, -0.15) is 13.2 Å². The Morgan fingerprint density at radius 3 is 2.21 bits per heavy atom. The van der Waals surface area contributed by atoms with Crippen LogP contribution in [0.1, 0.15) is 12.0 Å². The number of benzene rings is 1. The summed E-state index contributed by atoms with van der Waals surface area (Å²) in [6, 6.07) is 3.75. The Kier molecular flexibility index (Phi) is 3.21. The van der Waals surface area contributed by atoms with Crippen molar-refractivity contribution < 1.29 is 22.8 Å². The Hall–Kier alpha value is -2.05. The van der Waals surface area contributed by atoms with Crippen LogP contribution in [0.15, 0.2) is 24.3 Å². The number of halogens is 3. The number of rotatable bonds is 1. The van der Waals surface area contributed by atoms with E-state index in [1.807, 2.05) is 0 Å². The number of nitrogens with zero attached hydrogens (tertiary/aromatic N) is 2. The zero-order valence-electron chi connectivity index (χ0n) is 10.1. The van der Waals surface area contributed by atoms with E-state index >= 15 is 0 Å². The number of anilines is 1. The molecular weight excluding hydrogens is 261 g/mol. The van der Waals surface area contributed by atoms with Crippen molar-refractivity contribution in [2.75, 3.05) is 18.5 Å². The number of amides is 3. The molecule has 2 rings (SSSR count). The molecule has 1 aliphatic heterocycles. The summed E-state index contributed by atoms with van der Waals surface area (Å²) in [5.41, 5.74) is -0.428. The molecule has 1 heterocycles. The zero-order valence-corrected chi connectivity index (χ0v) is 10.1. The largest absolute Gasteiger partial charge is 0.416 e. The summed E-state index contributed by atoms with van der Waals surface area (Å²) in [4.78, 5) is 25.4. The van der Waals surface area contributed by atoms with Crippen LogP contribution in [-0.2, 0) is 11.0 Å². The standard InChI is InChI=1S/C12H11F3N2O2/c1-16-10(18)6-7-17(11(16)19)9-4-2-8(3-5-9)12(13,14)15/h2-5H,6-7H2,1H3. The second kappa shape index (κ2) is 4.56. The van der Waals surface area contributed by atoms with Crippen LogP contribution in [0.25, 0.3) is 0 Å². The molecule has 4 nitrogen and oxygen atoms in total. The third-order valence-corrected chi connectivity index (χ3v) is 2.95. The van der Waals surface area contributed by atoms with Crippen molar-refractivity contribution in [1.29, 1.82) is 0 Å². The molecule has 0 saturated carbocycles. The van der Waals surface area contributed by atoms with Crippen molar-refractivity contribution in [3.63, 3.8) is 0 Å². The van der Waals surface area contributed by atoms with E-state index in [0.717, 1.165) is 17.0 Å². The van der Waals surface area contributed by atoms with E-state index in [1.165, 1.54) is 24.1 Å². The highest BCUT2D eigenvalue weighted by Crippen LogP contribution is 2.31. The van der Waals surface area contributed by atoms with E-state index in [2.05, 4.69) is 0 Å². The van der Waals surface area contributed by atoms with Gasteiger partial charge in [-0.3, -0.25) is 14.6 Å². The summed E-state index contributed by atoms with van der Waals surface area (Å²) in [6.07, 6.45) is -4.25. The average molecular weight is 272 g/mol. The molecule has 1 fully saturated rings. The van der Waals surface area contributed by atoms with Crippen molar-refractivity contribution in [1.82, 2.24) is 4.90 Å². The number of carbonyl (C=O) groups is 2. The van der Waals surface area contributed by atoms with Crippen molar-refractivity contribution in [2.45, 2.75) is 12.6 Å². The maximum absolute atomic E-state index is 12.4. The number of urea groups is 1. The first kappa shape index (κ1) is 13.4. The molecule has 0 aromatic heterocycles. The molecule has 0 aliphatic carbocycles. The molecule has 0 unspecified atom stereocenters.